The van der Waals surface area contributed by atoms with E-state index in [4.69, 9.17) is 5.11 Å². The molecule has 0 bridgehead atoms. The smallest absolute Gasteiger partial charge is 0.323 e. The first-order valence-electron chi connectivity index (χ1n) is 5.63. The molecule has 0 heterocycles. The summed E-state index contributed by atoms with van der Waals surface area (Å²) < 4.78 is 0. The van der Waals surface area contributed by atoms with E-state index in [0.717, 1.165) is 5.56 Å². The second-order valence-electron chi connectivity index (χ2n) is 4.19. The molecule has 2 N–H and O–H groups in total. The Kier molecular flexibility index (Phi) is 5.02. The molecule has 17 heavy (non-hydrogen) atoms. The van der Waals surface area contributed by atoms with Crippen LogP contribution in [0.5, 0.6) is 0 Å². The van der Waals surface area contributed by atoms with Gasteiger partial charge in [-0.25, -0.2) is 0 Å². The van der Waals surface area contributed by atoms with Gasteiger partial charge in [-0.2, -0.15) is 0 Å². The maximum Gasteiger partial charge on any atom is 0.323 e. The standard InChI is InChI=1S/C13H19NO2S/c1-4-13(2,12(15)16)14-9-10-5-7-11(17-3)8-6-10/h5-8,14H,4,9H2,1-3H3,(H,15,16). The quantitative estimate of drug-likeness (QED) is 0.765. The van der Waals surface area contributed by atoms with Gasteiger partial charge < -0.3 is 5.11 Å². The maximum atomic E-state index is 11.1. The van der Waals surface area contributed by atoms with Crippen LogP contribution in [0.3, 0.4) is 0 Å². The molecule has 3 nitrogen and oxygen atoms in total. The fourth-order valence-corrected chi connectivity index (χ4v) is 1.80. The number of hydrogen-bond acceptors (Lipinski definition) is 3. The van der Waals surface area contributed by atoms with Crippen LogP contribution in [0.1, 0.15) is 25.8 Å². The molecule has 1 unspecified atom stereocenters. The van der Waals surface area contributed by atoms with E-state index in [0.29, 0.717) is 13.0 Å². The number of rotatable bonds is 6. The molecule has 0 fully saturated rings. The molecule has 1 aromatic carbocycles. The normalized spacial score (nSPS) is 14.3. The molecule has 0 spiro atoms. The first kappa shape index (κ1) is 14.1. The minimum atomic E-state index is -0.849. The van der Waals surface area contributed by atoms with Crippen molar-refractivity contribution in [2.45, 2.75) is 37.2 Å². The summed E-state index contributed by atoms with van der Waals surface area (Å²) in [4.78, 5) is 12.3. The van der Waals surface area contributed by atoms with Gasteiger partial charge in [0.05, 0.1) is 0 Å². The molecule has 1 rings (SSSR count). The molecule has 0 aromatic heterocycles. The minimum Gasteiger partial charge on any atom is -0.480 e. The maximum absolute atomic E-state index is 11.1. The van der Waals surface area contributed by atoms with Crippen molar-refractivity contribution in [2.24, 2.45) is 0 Å². The van der Waals surface area contributed by atoms with Crippen LogP contribution in [0.4, 0.5) is 0 Å². The number of benzene rings is 1. The van der Waals surface area contributed by atoms with E-state index in [1.165, 1.54) is 4.90 Å². The van der Waals surface area contributed by atoms with Crippen LogP contribution < -0.4 is 5.32 Å². The van der Waals surface area contributed by atoms with Gasteiger partial charge in [0.2, 0.25) is 0 Å². The SMILES string of the molecule is CCC(C)(NCc1ccc(SC)cc1)C(=O)O. The molecule has 0 saturated heterocycles. The average Bonchev–Trinajstić information content (AvgIpc) is 2.36. The molecule has 1 atom stereocenters. The van der Waals surface area contributed by atoms with Crippen molar-refractivity contribution in [3.8, 4) is 0 Å². The zero-order valence-corrected chi connectivity index (χ0v) is 11.3. The summed E-state index contributed by atoms with van der Waals surface area (Å²) >= 11 is 1.70. The summed E-state index contributed by atoms with van der Waals surface area (Å²) in [5.74, 6) is -0.805. The summed E-state index contributed by atoms with van der Waals surface area (Å²) in [7, 11) is 0. The third-order valence-corrected chi connectivity index (χ3v) is 3.76. The van der Waals surface area contributed by atoms with Crippen molar-refractivity contribution in [2.75, 3.05) is 6.26 Å². The van der Waals surface area contributed by atoms with Crippen molar-refractivity contribution in [1.82, 2.24) is 5.32 Å². The van der Waals surface area contributed by atoms with Gasteiger partial charge in [0.15, 0.2) is 0 Å². The lowest BCUT2D eigenvalue weighted by Gasteiger charge is -2.24. The Morgan fingerprint density at radius 1 is 1.41 bits per heavy atom. The summed E-state index contributed by atoms with van der Waals surface area (Å²) in [6.45, 7) is 4.16. The number of aliphatic carboxylic acids is 1. The lowest BCUT2D eigenvalue weighted by molar-refractivity contribution is -0.144. The van der Waals surface area contributed by atoms with Gasteiger partial charge in [-0.05, 0) is 37.3 Å². The highest BCUT2D eigenvalue weighted by molar-refractivity contribution is 7.98. The number of carbonyl (C=O) groups is 1. The van der Waals surface area contributed by atoms with Gasteiger partial charge in [0, 0.05) is 11.4 Å². The fraction of sp³-hybridized carbons (Fsp3) is 0.462. The highest BCUT2D eigenvalue weighted by Crippen LogP contribution is 2.16. The average molecular weight is 253 g/mol. The first-order valence-corrected chi connectivity index (χ1v) is 6.85. The van der Waals surface area contributed by atoms with Crippen LogP contribution in [0.25, 0.3) is 0 Å². The van der Waals surface area contributed by atoms with E-state index in [2.05, 4.69) is 5.32 Å². The van der Waals surface area contributed by atoms with Gasteiger partial charge >= 0.3 is 5.97 Å². The second-order valence-corrected chi connectivity index (χ2v) is 5.07. The number of nitrogens with one attached hydrogen (secondary N) is 1. The zero-order valence-electron chi connectivity index (χ0n) is 10.5. The van der Waals surface area contributed by atoms with E-state index < -0.39 is 11.5 Å². The van der Waals surface area contributed by atoms with Gasteiger partial charge in [-0.15, -0.1) is 11.8 Å². The third kappa shape index (κ3) is 3.75. The number of carboxylic acid groups (broad SMARTS) is 1. The highest BCUT2D eigenvalue weighted by Gasteiger charge is 2.29. The molecule has 1 aromatic rings. The zero-order chi connectivity index (χ0) is 12.9. The van der Waals surface area contributed by atoms with Crippen molar-refractivity contribution in [3.05, 3.63) is 29.8 Å². The Morgan fingerprint density at radius 3 is 2.41 bits per heavy atom. The summed E-state index contributed by atoms with van der Waals surface area (Å²) in [5.41, 5.74) is 0.252. The Hall–Kier alpha value is -1.00. The number of hydrogen-bond donors (Lipinski definition) is 2. The molecule has 0 aliphatic heterocycles. The van der Waals surface area contributed by atoms with E-state index in [1.54, 1.807) is 18.7 Å². The molecular formula is C13H19NO2S. The van der Waals surface area contributed by atoms with Crippen molar-refractivity contribution in [1.29, 1.82) is 0 Å². The third-order valence-electron chi connectivity index (χ3n) is 3.02. The Labute approximate surface area is 107 Å². The molecular weight excluding hydrogens is 234 g/mol. The van der Waals surface area contributed by atoms with E-state index >= 15 is 0 Å². The molecule has 94 valence electrons. The van der Waals surface area contributed by atoms with E-state index in [-0.39, 0.29) is 0 Å². The van der Waals surface area contributed by atoms with E-state index in [9.17, 15) is 4.79 Å². The van der Waals surface area contributed by atoms with Crippen LogP contribution in [-0.4, -0.2) is 22.9 Å². The Balaban J connectivity index is 2.63. The molecule has 0 amide bonds. The fourth-order valence-electron chi connectivity index (χ4n) is 1.39. The monoisotopic (exact) mass is 253 g/mol. The van der Waals surface area contributed by atoms with Crippen LogP contribution in [0.15, 0.2) is 29.2 Å². The minimum absolute atomic E-state index is 0.561. The van der Waals surface area contributed by atoms with Crippen LogP contribution >= 0.6 is 11.8 Å². The predicted octanol–water partition coefficient (Wildman–Crippen LogP) is 2.75. The molecule has 0 aliphatic rings. The van der Waals surface area contributed by atoms with Crippen molar-refractivity contribution in [3.63, 3.8) is 0 Å². The first-order chi connectivity index (χ1) is 8.01. The Bertz CT molecular complexity index is 378. The summed E-state index contributed by atoms with van der Waals surface area (Å²) in [5, 5.41) is 12.2. The van der Waals surface area contributed by atoms with Gasteiger partial charge in [-0.3, -0.25) is 10.1 Å². The van der Waals surface area contributed by atoms with Gasteiger partial charge in [-0.1, -0.05) is 19.1 Å². The van der Waals surface area contributed by atoms with Crippen LogP contribution in [0.2, 0.25) is 0 Å². The lowest BCUT2D eigenvalue weighted by atomic mass is 9.99. The van der Waals surface area contributed by atoms with E-state index in [1.807, 2.05) is 37.4 Å². The van der Waals surface area contributed by atoms with Gasteiger partial charge in [0.1, 0.15) is 5.54 Å². The summed E-state index contributed by atoms with van der Waals surface area (Å²) in [6, 6.07) is 8.14. The topological polar surface area (TPSA) is 49.3 Å². The predicted molar refractivity (Wildman–Crippen MR) is 71.4 cm³/mol. The molecule has 4 heteroatoms. The van der Waals surface area contributed by atoms with Crippen LogP contribution in [0, 0.1) is 0 Å². The van der Waals surface area contributed by atoms with Gasteiger partial charge in [0.25, 0.3) is 0 Å². The van der Waals surface area contributed by atoms with Crippen molar-refractivity contribution >= 4 is 17.7 Å². The summed E-state index contributed by atoms with van der Waals surface area (Å²) in [6.07, 6.45) is 2.59. The highest BCUT2D eigenvalue weighted by atomic mass is 32.2. The molecule has 0 aliphatic carbocycles. The number of carboxylic acids is 1. The van der Waals surface area contributed by atoms with Crippen molar-refractivity contribution < 1.29 is 9.90 Å². The molecule has 0 radical (unpaired) electrons. The Morgan fingerprint density at radius 2 is 2.00 bits per heavy atom. The second kappa shape index (κ2) is 6.07. The molecule has 0 saturated carbocycles. The number of thioether (sulfide) groups is 1. The van der Waals surface area contributed by atoms with Crippen LogP contribution in [-0.2, 0) is 11.3 Å². The largest absolute Gasteiger partial charge is 0.480 e. The lowest BCUT2D eigenvalue weighted by Crippen LogP contribution is -2.48.